The van der Waals surface area contributed by atoms with Gasteiger partial charge in [-0.3, -0.25) is 4.90 Å². The molecule has 0 unspecified atom stereocenters. The van der Waals surface area contributed by atoms with Gasteiger partial charge < -0.3 is 15.2 Å². The van der Waals surface area contributed by atoms with Crippen molar-refractivity contribution in [1.29, 1.82) is 0 Å². The Morgan fingerprint density at radius 2 is 1.80 bits per heavy atom. The minimum atomic E-state index is 0.0241. The summed E-state index contributed by atoms with van der Waals surface area (Å²) in [6, 6.07) is 0. The molecule has 15 heavy (non-hydrogen) atoms. The van der Waals surface area contributed by atoms with Gasteiger partial charge in [0.05, 0.1) is 13.2 Å². The van der Waals surface area contributed by atoms with Crippen LogP contribution in [0.25, 0.3) is 0 Å². The molecule has 2 N–H and O–H groups in total. The highest BCUT2D eigenvalue weighted by atomic mass is 16.7. The predicted molar refractivity (Wildman–Crippen MR) is 58.5 cm³/mol. The monoisotopic (exact) mass is 214 g/mol. The summed E-state index contributed by atoms with van der Waals surface area (Å²) in [7, 11) is 0. The standard InChI is InChI=1S/C11H22N2O2/c12-4-1-10-2-5-13(6-3-10)9-11-14-7-8-15-11/h10-11H,1-9,12H2. The van der Waals surface area contributed by atoms with E-state index < -0.39 is 0 Å². The third-order valence-corrected chi connectivity index (χ3v) is 3.38. The zero-order valence-electron chi connectivity index (χ0n) is 9.36. The highest BCUT2D eigenvalue weighted by Gasteiger charge is 2.23. The minimum Gasteiger partial charge on any atom is -0.349 e. The lowest BCUT2D eigenvalue weighted by Crippen LogP contribution is -2.39. The fraction of sp³-hybridized carbons (Fsp3) is 1.00. The summed E-state index contributed by atoms with van der Waals surface area (Å²) in [5.41, 5.74) is 5.57. The van der Waals surface area contributed by atoms with Crippen LogP contribution in [0.15, 0.2) is 0 Å². The maximum Gasteiger partial charge on any atom is 0.170 e. The van der Waals surface area contributed by atoms with E-state index in [1.807, 2.05) is 0 Å². The van der Waals surface area contributed by atoms with Crippen molar-refractivity contribution in [2.75, 3.05) is 39.4 Å². The average molecular weight is 214 g/mol. The van der Waals surface area contributed by atoms with Gasteiger partial charge in [0.1, 0.15) is 0 Å². The van der Waals surface area contributed by atoms with Gasteiger partial charge in [0.2, 0.25) is 0 Å². The number of piperidine rings is 1. The summed E-state index contributed by atoms with van der Waals surface area (Å²) in [4.78, 5) is 2.45. The third kappa shape index (κ3) is 3.41. The summed E-state index contributed by atoms with van der Waals surface area (Å²) in [5, 5.41) is 0. The normalized spacial score (nSPS) is 26.2. The number of nitrogens with zero attached hydrogens (tertiary/aromatic N) is 1. The van der Waals surface area contributed by atoms with Crippen molar-refractivity contribution in [3.8, 4) is 0 Å². The second-order valence-electron chi connectivity index (χ2n) is 4.49. The van der Waals surface area contributed by atoms with E-state index in [1.165, 1.54) is 32.4 Å². The molecule has 0 amide bonds. The smallest absolute Gasteiger partial charge is 0.170 e. The highest BCUT2D eigenvalue weighted by molar-refractivity contribution is 4.73. The van der Waals surface area contributed by atoms with Crippen LogP contribution < -0.4 is 5.73 Å². The first-order valence-corrected chi connectivity index (χ1v) is 6.04. The van der Waals surface area contributed by atoms with E-state index in [1.54, 1.807) is 0 Å². The van der Waals surface area contributed by atoms with Crippen LogP contribution in [0.2, 0.25) is 0 Å². The molecule has 0 spiro atoms. The van der Waals surface area contributed by atoms with Crippen LogP contribution in [0.1, 0.15) is 19.3 Å². The van der Waals surface area contributed by atoms with Crippen molar-refractivity contribution < 1.29 is 9.47 Å². The molecular weight excluding hydrogens is 192 g/mol. The van der Waals surface area contributed by atoms with Gasteiger partial charge in [-0.15, -0.1) is 0 Å². The molecule has 0 atom stereocenters. The Bertz CT molecular complexity index is 175. The van der Waals surface area contributed by atoms with Gasteiger partial charge in [0.15, 0.2) is 6.29 Å². The van der Waals surface area contributed by atoms with Crippen molar-refractivity contribution in [2.24, 2.45) is 11.7 Å². The van der Waals surface area contributed by atoms with E-state index in [4.69, 9.17) is 15.2 Å². The Labute approximate surface area is 91.7 Å². The van der Waals surface area contributed by atoms with E-state index in [0.29, 0.717) is 0 Å². The van der Waals surface area contributed by atoms with Crippen LogP contribution in [-0.2, 0) is 9.47 Å². The molecule has 2 heterocycles. The number of rotatable bonds is 4. The van der Waals surface area contributed by atoms with E-state index in [2.05, 4.69) is 4.90 Å². The third-order valence-electron chi connectivity index (χ3n) is 3.38. The molecule has 0 aliphatic carbocycles. The van der Waals surface area contributed by atoms with E-state index in [0.717, 1.165) is 32.2 Å². The Balaban J connectivity index is 1.64. The van der Waals surface area contributed by atoms with E-state index in [9.17, 15) is 0 Å². The Morgan fingerprint density at radius 3 is 2.40 bits per heavy atom. The molecule has 0 saturated carbocycles. The number of nitrogens with two attached hydrogens (primary N) is 1. The second kappa shape index (κ2) is 5.80. The number of hydrogen-bond donors (Lipinski definition) is 1. The Hall–Kier alpha value is -0.160. The molecule has 2 aliphatic heterocycles. The van der Waals surface area contributed by atoms with Gasteiger partial charge in [0, 0.05) is 6.54 Å². The number of likely N-dealkylation sites (tertiary alicyclic amines) is 1. The zero-order valence-corrected chi connectivity index (χ0v) is 9.36. The fourth-order valence-corrected chi connectivity index (χ4v) is 2.42. The van der Waals surface area contributed by atoms with Crippen LogP contribution in [0, 0.1) is 5.92 Å². The Kier molecular flexibility index (Phi) is 4.38. The largest absolute Gasteiger partial charge is 0.349 e. The van der Waals surface area contributed by atoms with Crippen molar-refractivity contribution >= 4 is 0 Å². The van der Waals surface area contributed by atoms with Gasteiger partial charge in [0.25, 0.3) is 0 Å². The average Bonchev–Trinajstić information content (AvgIpc) is 2.74. The molecule has 2 fully saturated rings. The van der Waals surface area contributed by atoms with Crippen LogP contribution >= 0.6 is 0 Å². The summed E-state index contributed by atoms with van der Waals surface area (Å²) in [5.74, 6) is 0.844. The zero-order chi connectivity index (χ0) is 10.5. The van der Waals surface area contributed by atoms with Gasteiger partial charge in [-0.25, -0.2) is 0 Å². The first kappa shape index (κ1) is 11.3. The van der Waals surface area contributed by atoms with Crippen molar-refractivity contribution in [3.05, 3.63) is 0 Å². The summed E-state index contributed by atoms with van der Waals surface area (Å²) < 4.78 is 10.9. The molecule has 4 heteroatoms. The molecule has 0 aromatic heterocycles. The van der Waals surface area contributed by atoms with Crippen LogP contribution in [-0.4, -0.2) is 50.6 Å². The van der Waals surface area contributed by atoms with Crippen molar-refractivity contribution in [2.45, 2.75) is 25.6 Å². The molecule has 0 bridgehead atoms. The van der Waals surface area contributed by atoms with Crippen molar-refractivity contribution in [1.82, 2.24) is 4.90 Å². The summed E-state index contributed by atoms with van der Waals surface area (Å²) in [6.45, 7) is 5.64. The van der Waals surface area contributed by atoms with Crippen molar-refractivity contribution in [3.63, 3.8) is 0 Å². The molecule has 0 radical (unpaired) electrons. The fourth-order valence-electron chi connectivity index (χ4n) is 2.42. The first-order valence-electron chi connectivity index (χ1n) is 6.04. The molecule has 0 aromatic carbocycles. The molecule has 88 valence electrons. The maximum absolute atomic E-state index is 5.57. The molecule has 2 saturated heterocycles. The quantitative estimate of drug-likeness (QED) is 0.737. The van der Waals surface area contributed by atoms with Gasteiger partial charge >= 0.3 is 0 Å². The number of ether oxygens (including phenoxy) is 2. The van der Waals surface area contributed by atoms with E-state index >= 15 is 0 Å². The topological polar surface area (TPSA) is 47.7 Å². The lowest BCUT2D eigenvalue weighted by atomic mass is 9.94. The van der Waals surface area contributed by atoms with Gasteiger partial charge in [-0.2, -0.15) is 0 Å². The van der Waals surface area contributed by atoms with Gasteiger partial charge in [-0.05, 0) is 44.8 Å². The first-order chi connectivity index (χ1) is 7.38. The lowest BCUT2D eigenvalue weighted by Gasteiger charge is -2.32. The van der Waals surface area contributed by atoms with Crippen LogP contribution in [0.4, 0.5) is 0 Å². The molecule has 4 nitrogen and oxygen atoms in total. The molecular formula is C11H22N2O2. The maximum atomic E-state index is 5.57. The summed E-state index contributed by atoms with van der Waals surface area (Å²) >= 11 is 0. The predicted octanol–water partition coefficient (Wildman–Crippen LogP) is 0.420. The van der Waals surface area contributed by atoms with E-state index in [-0.39, 0.29) is 6.29 Å². The highest BCUT2D eigenvalue weighted by Crippen LogP contribution is 2.20. The lowest BCUT2D eigenvalue weighted by molar-refractivity contribution is -0.0661. The van der Waals surface area contributed by atoms with Crippen LogP contribution in [0.3, 0.4) is 0 Å². The number of hydrogen-bond acceptors (Lipinski definition) is 4. The molecule has 0 aromatic rings. The van der Waals surface area contributed by atoms with Gasteiger partial charge in [-0.1, -0.05) is 0 Å². The Morgan fingerprint density at radius 1 is 1.13 bits per heavy atom. The molecule has 2 aliphatic rings. The summed E-state index contributed by atoms with van der Waals surface area (Å²) in [6.07, 6.45) is 3.77. The molecule has 2 rings (SSSR count). The SMILES string of the molecule is NCCC1CCN(CC2OCCO2)CC1. The second-order valence-corrected chi connectivity index (χ2v) is 4.49. The minimum absolute atomic E-state index is 0.0241. The van der Waals surface area contributed by atoms with Crippen LogP contribution in [0.5, 0.6) is 0 Å².